The second kappa shape index (κ2) is 7.91. The molecule has 6 heteroatoms. The summed E-state index contributed by atoms with van der Waals surface area (Å²) < 4.78 is 31.7. The Bertz CT molecular complexity index is 434. The van der Waals surface area contributed by atoms with Crippen molar-refractivity contribution >= 4 is 5.91 Å². The predicted molar refractivity (Wildman–Crippen MR) is 70.0 cm³/mol. The molecule has 0 fully saturated rings. The van der Waals surface area contributed by atoms with Gasteiger partial charge in [-0.2, -0.15) is 0 Å². The number of aliphatic hydroxyl groups is 1. The Morgan fingerprint density at radius 3 is 2.55 bits per heavy atom. The van der Waals surface area contributed by atoms with Crippen LogP contribution >= 0.6 is 0 Å². The van der Waals surface area contributed by atoms with E-state index >= 15 is 0 Å². The maximum atomic E-state index is 13.4. The molecule has 0 bridgehead atoms. The second-order valence-electron chi connectivity index (χ2n) is 4.58. The van der Waals surface area contributed by atoms with E-state index in [0.29, 0.717) is 13.0 Å². The SMILES string of the molecule is COCCC(C)C(=O)NCC(O)c1c(F)cccc1F. The molecule has 0 saturated carbocycles. The van der Waals surface area contributed by atoms with E-state index in [4.69, 9.17) is 4.74 Å². The lowest BCUT2D eigenvalue weighted by atomic mass is 10.1. The van der Waals surface area contributed by atoms with Crippen molar-refractivity contribution < 1.29 is 23.4 Å². The molecule has 1 aromatic carbocycles. The Morgan fingerprint density at radius 2 is 2.00 bits per heavy atom. The third-order valence-electron chi connectivity index (χ3n) is 3.01. The quantitative estimate of drug-likeness (QED) is 0.804. The fraction of sp³-hybridized carbons (Fsp3) is 0.500. The molecule has 112 valence electrons. The van der Waals surface area contributed by atoms with E-state index < -0.39 is 23.3 Å². The third-order valence-corrected chi connectivity index (χ3v) is 3.01. The zero-order valence-electron chi connectivity index (χ0n) is 11.5. The second-order valence-corrected chi connectivity index (χ2v) is 4.58. The van der Waals surface area contributed by atoms with Crippen LogP contribution in [0.25, 0.3) is 0 Å². The highest BCUT2D eigenvalue weighted by Crippen LogP contribution is 2.20. The number of amides is 1. The summed E-state index contributed by atoms with van der Waals surface area (Å²) >= 11 is 0. The normalized spacial score (nSPS) is 13.8. The van der Waals surface area contributed by atoms with Crippen molar-refractivity contribution in [1.82, 2.24) is 5.32 Å². The number of nitrogens with one attached hydrogen (secondary N) is 1. The first-order chi connectivity index (χ1) is 9.47. The summed E-state index contributed by atoms with van der Waals surface area (Å²) in [6, 6.07) is 3.33. The van der Waals surface area contributed by atoms with Crippen LogP contribution in [0.5, 0.6) is 0 Å². The van der Waals surface area contributed by atoms with Gasteiger partial charge in [0.15, 0.2) is 0 Å². The summed E-state index contributed by atoms with van der Waals surface area (Å²) in [4.78, 5) is 11.7. The number of hydrogen-bond donors (Lipinski definition) is 2. The van der Waals surface area contributed by atoms with E-state index in [1.54, 1.807) is 6.92 Å². The van der Waals surface area contributed by atoms with Gasteiger partial charge in [-0.3, -0.25) is 4.79 Å². The first-order valence-corrected chi connectivity index (χ1v) is 6.36. The van der Waals surface area contributed by atoms with E-state index in [2.05, 4.69) is 5.32 Å². The van der Waals surface area contributed by atoms with E-state index in [1.807, 2.05) is 0 Å². The fourth-order valence-electron chi connectivity index (χ4n) is 1.73. The molecule has 1 amide bonds. The molecule has 2 atom stereocenters. The maximum absolute atomic E-state index is 13.4. The molecule has 0 aliphatic rings. The third kappa shape index (κ3) is 4.54. The molecule has 0 aliphatic heterocycles. The molecule has 0 aromatic heterocycles. The van der Waals surface area contributed by atoms with Gasteiger partial charge in [0.25, 0.3) is 0 Å². The van der Waals surface area contributed by atoms with Crippen molar-refractivity contribution in [2.24, 2.45) is 5.92 Å². The summed E-state index contributed by atoms with van der Waals surface area (Å²) in [5.41, 5.74) is -0.433. The van der Waals surface area contributed by atoms with Crippen LogP contribution in [-0.2, 0) is 9.53 Å². The molecule has 0 spiro atoms. The van der Waals surface area contributed by atoms with Gasteiger partial charge in [0, 0.05) is 26.2 Å². The van der Waals surface area contributed by atoms with Crippen molar-refractivity contribution in [3.63, 3.8) is 0 Å². The molecule has 2 N–H and O–H groups in total. The summed E-state index contributed by atoms with van der Waals surface area (Å²) in [6.45, 7) is 1.91. The van der Waals surface area contributed by atoms with Gasteiger partial charge >= 0.3 is 0 Å². The van der Waals surface area contributed by atoms with E-state index in [-0.39, 0.29) is 18.4 Å². The van der Waals surface area contributed by atoms with Crippen LogP contribution in [0, 0.1) is 17.6 Å². The Hall–Kier alpha value is -1.53. The summed E-state index contributed by atoms with van der Waals surface area (Å²) in [7, 11) is 1.54. The monoisotopic (exact) mass is 287 g/mol. The van der Waals surface area contributed by atoms with Gasteiger partial charge in [-0.05, 0) is 18.6 Å². The Morgan fingerprint density at radius 1 is 1.40 bits per heavy atom. The minimum Gasteiger partial charge on any atom is -0.386 e. The number of halogens is 2. The number of hydrogen-bond acceptors (Lipinski definition) is 3. The molecule has 0 saturated heterocycles. The molecule has 1 aromatic rings. The van der Waals surface area contributed by atoms with Gasteiger partial charge in [0.2, 0.25) is 5.91 Å². The lowest BCUT2D eigenvalue weighted by Crippen LogP contribution is -2.33. The van der Waals surface area contributed by atoms with E-state index in [9.17, 15) is 18.7 Å². The highest BCUT2D eigenvalue weighted by atomic mass is 19.1. The number of carbonyl (C=O) groups is 1. The summed E-state index contributed by atoms with van der Waals surface area (Å²) in [5, 5.41) is 12.2. The van der Waals surface area contributed by atoms with E-state index in [0.717, 1.165) is 12.1 Å². The number of methoxy groups -OCH3 is 1. The minimum atomic E-state index is -1.42. The zero-order valence-corrected chi connectivity index (χ0v) is 11.5. The van der Waals surface area contributed by atoms with Crippen LogP contribution in [-0.4, -0.2) is 31.3 Å². The van der Waals surface area contributed by atoms with Crippen molar-refractivity contribution in [1.29, 1.82) is 0 Å². The topological polar surface area (TPSA) is 58.6 Å². The predicted octanol–water partition coefficient (Wildman–Crippen LogP) is 1.79. The van der Waals surface area contributed by atoms with E-state index in [1.165, 1.54) is 13.2 Å². The standard InChI is InChI=1S/C14H19F2NO3/c1-9(6-7-20-2)14(19)17-8-12(18)13-10(15)4-3-5-11(13)16/h3-5,9,12,18H,6-8H2,1-2H3,(H,17,19). The number of ether oxygens (including phenoxy) is 1. The van der Waals surface area contributed by atoms with Gasteiger partial charge in [-0.25, -0.2) is 8.78 Å². The average Bonchev–Trinajstić information content (AvgIpc) is 2.41. The highest BCUT2D eigenvalue weighted by Gasteiger charge is 2.19. The smallest absolute Gasteiger partial charge is 0.223 e. The van der Waals surface area contributed by atoms with Gasteiger partial charge in [-0.15, -0.1) is 0 Å². The summed E-state index contributed by atoms with van der Waals surface area (Å²) in [6.07, 6.45) is -0.887. The molecular formula is C14H19F2NO3. The van der Waals surface area contributed by atoms with Crippen molar-refractivity contribution in [3.05, 3.63) is 35.4 Å². The average molecular weight is 287 g/mol. The molecule has 0 radical (unpaired) electrons. The molecule has 2 unspecified atom stereocenters. The number of aliphatic hydroxyl groups excluding tert-OH is 1. The lowest BCUT2D eigenvalue weighted by molar-refractivity contribution is -0.125. The van der Waals surface area contributed by atoms with Crippen molar-refractivity contribution in [2.75, 3.05) is 20.3 Å². The van der Waals surface area contributed by atoms with Gasteiger partial charge in [-0.1, -0.05) is 13.0 Å². The molecular weight excluding hydrogens is 268 g/mol. The van der Waals surface area contributed by atoms with Gasteiger partial charge in [0.05, 0.1) is 5.56 Å². The van der Waals surface area contributed by atoms with Crippen LogP contribution in [0.3, 0.4) is 0 Å². The molecule has 0 heterocycles. The molecule has 20 heavy (non-hydrogen) atoms. The van der Waals surface area contributed by atoms with Crippen molar-refractivity contribution in [3.8, 4) is 0 Å². The van der Waals surface area contributed by atoms with Crippen molar-refractivity contribution in [2.45, 2.75) is 19.4 Å². The number of carbonyl (C=O) groups excluding carboxylic acids is 1. The number of benzene rings is 1. The first kappa shape index (κ1) is 16.5. The summed E-state index contributed by atoms with van der Waals surface area (Å²) in [5.74, 6) is -2.26. The molecule has 0 aliphatic carbocycles. The maximum Gasteiger partial charge on any atom is 0.223 e. The van der Waals surface area contributed by atoms with Crippen LogP contribution in [0.2, 0.25) is 0 Å². The largest absolute Gasteiger partial charge is 0.386 e. The Kier molecular flexibility index (Phi) is 6.54. The van der Waals surface area contributed by atoms with Crippen LogP contribution in [0.1, 0.15) is 25.0 Å². The van der Waals surface area contributed by atoms with Crippen LogP contribution in [0.15, 0.2) is 18.2 Å². The lowest BCUT2D eigenvalue weighted by Gasteiger charge is -2.16. The van der Waals surface area contributed by atoms with Gasteiger partial charge in [0.1, 0.15) is 17.7 Å². The number of rotatable bonds is 7. The first-order valence-electron chi connectivity index (χ1n) is 6.36. The van der Waals surface area contributed by atoms with Gasteiger partial charge < -0.3 is 15.2 Å². The minimum absolute atomic E-state index is 0.242. The zero-order chi connectivity index (χ0) is 15.1. The molecule has 4 nitrogen and oxygen atoms in total. The highest BCUT2D eigenvalue weighted by molar-refractivity contribution is 5.78. The van der Waals surface area contributed by atoms with Crippen LogP contribution < -0.4 is 5.32 Å². The molecule has 1 rings (SSSR count). The van der Waals surface area contributed by atoms with Crippen LogP contribution in [0.4, 0.5) is 8.78 Å². The fourth-order valence-corrected chi connectivity index (χ4v) is 1.73. The Labute approximate surface area is 116 Å². The Balaban J connectivity index is 2.55.